The molecule has 0 spiro atoms. The van der Waals surface area contributed by atoms with Gasteiger partial charge >= 0.3 is 0 Å². The van der Waals surface area contributed by atoms with Crippen LogP contribution in [-0.4, -0.2) is 29.3 Å². The van der Waals surface area contributed by atoms with Gasteiger partial charge in [-0.2, -0.15) is 0 Å². The Labute approximate surface area is 128 Å². The van der Waals surface area contributed by atoms with E-state index in [2.05, 4.69) is 15.9 Å². The van der Waals surface area contributed by atoms with Gasteiger partial charge in [0, 0.05) is 22.9 Å². The van der Waals surface area contributed by atoms with Crippen LogP contribution in [-0.2, 0) is 11.2 Å². The van der Waals surface area contributed by atoms with Crippen molar-refractivity contribution < 1.29 is 4.79 Å². The topological polar surface area (TPSA) is 20.3 Å². The summed E-state index contributed by atoms with van der Waals surface area (Å²) in [5, 5.41) is 0.210. The molecule has 1 atom stereocenters. The van der Waals surface area contributed by atoms with Crippen molar-refractivity contribution in [3.05, 3.63) is 34.3 Å². The predicted octanol–water partition coefficient (Wildman–Crippen LogP) is 3.86. The molecule has 0 saturated carbocycles. The fourth-order valence-electron chi connectivity index (χ4n) is 2.54. The smallest absolute Gasteiger partial charge is 0.226 e. The first-order valence-corrected chi connectivity index (χ1v) is 7.95. The Morgan fingerprint density at radius 3 is 2.74 bits per heavy atom. The summed E-state index contributed by atoms with van der Waals surface area (Å²) in [5.74, 6) is 0.773. The van der Waals surface area contributed by atoms with Crippen molar-refractivity contribution in [1.82, 2.24) is 4.90 Å². The van der Waals surface area contributed by atoms with Gasteiger partial charge in [0.15, 0.2) is 0 Å². The number of likely N-dealkylation sites (tertiary alicyclic amines) is 1. The predicted molar refractivity (Wildman–Crippen MR) is 82.5 cm³/mol. The average Bonchev–Trinajstić information content (AvgIpc) is 2.39. The minimum absolute atomic E-state index is 0.210. The number of hydrogen-bond donors (Lipinski definition) is 0. The molecule has 0 N–H and O–H groups in total. The minimum atomic E-state index is 0.210. The molecule has 1 saturated heterocycles. The molecule has 1 aliphatic heterocycles. The van der Waals surface area contributed by atoms with Crippen LogP contribution in [0.25, 0.3) is 0 Å². The average molecular weight is 345 g/mol. The monoisotopic (exact) mass is 343 g/mol. The number of carbonyl (C=O) groups excluding carboxylic acids is 1. The first-order chi connectivity index (χ1) is 9.06. The molecule has 0 aliphatic carbocycles. The lowest BCUT2D eigenvalue weighted by atomic mass is 9.93. The van der Waals surface area contributed by atoms with E-state index in [1.54, 1.807) is 0 Å². The molecule has 1 fully saturated rings. The second-order valence-electron chi connectivity index (χ2n) is 5.20. The third-order valence-electron chi connectivity index (χ3n) is 3.79. The molecule has 1 aromatic rings. The Hall–Kier alpha value is -0.540. The Bertz CT molecular complexity index is 442. The van der Waals surface area contributed by atoms with E-state index in [9.17, 15) is 4.79 Å². The Balaban J connectivity index is 1.88. The van der Waals surface area contributed by atoms with Crippen LogP contribution in [0.15, 0.2) is 28.7 Å². The molecule has 1 aliphatic rings. The first kappa shape index (κ1) is 14.9. The fourth-order valence-corrected chi connectivity index (χ4v) is 3.24. The van der Waals surface area contributed by atoms with E-state index in [0.717, 1.165) is 36.0 Å². The van der Waals surface area contributed by atoms with Crippen molar-refractivity contribution in [2.75, 3.05) is 13.1 Å². The third kappa shape index (κ3) is 4.22. The Morgan fingerprint density at radius 2 is 2.16 bits per heavy atom. The zero-order valence-electron chi connectivity index (χ0n) is 11.1. The zero-order chi connectivity index (χ0) is 13.8. The maximum atomic E-state index is 12.2. The maximum Gasteiger partial charge on any atom is 0.226 e. The van der Waals surface area contributed by atoms with Crippen LogP contribution in [0.4, 0.5) is 0 Å². The highest BCUT2D eigenvalue weighted by Crippen LogP contribution is 2.24. The Kier molecular flexibility index (Phi) is 5.28. The number of benzene rings is 1. The zero-order valence-corrected chi connectivity index (χ0v) is 13.5. The van der Waals surface area contributed by atoms with Crippen LogP contribution in [0.5, 0.6) is 0 Å². The summed E-state index contributed by atoms with van der Waals surface area (Å²) in [6.45, 7) is 3.73. The second kappa shape index (κ2) is 6.76. The number of alkyl halides is 1. The summed E-state index contributed by atoms with van der Waals surface area (Å²) in [4.78, 5) is 14.2. The van der Waals surface area contributed by atoms with Crippen LogP contribution in [0.3, 0.4) is 0 Å². The highest BCUT2D eigenvalue weighted by atomic mass is 79.9. The van der Waals surface area contributed by atoms with Crippen LogP contribution >= 0.6 is 27.5 Å². The lowest BCUT2D eigenvalue weighted by Gasteiger charge is -2.33. The maximum absolute atomic E-state index is 12.2. The molecule has 1 amide bonds. The van der Waals surface area contributed by atoms with E-state index in [4.69, 9.17) is 11.6 Å². The van der Waals surface area contributed by atoms with Crippen molar-refractivity contribution in [2.45, 2.75) is 31.6 Å². The van der Waals surface area contributed by atoms with E-state index >= 15 is 0 Å². The molecule has 0 bridgehead atoms. The van der Waals surface area contributed by atoms with Crippen LogP contribution in [0.1, 0.15) is 25.3 Å². The van der Waals surface area contributed by atoms with Crippen molar-refractivity contribution in [1.29, 1.82) is 0 Å². The summed E-state index contributed by atoms with van der Waals surface area (Å²) in [6, 6.07) is 7.94. The van der Waals surface area contributed by atoms with Gasteiger partial charge in [-0.15, -0.1) is 11.6 Å². The normalized spacial score (nSPS) is 18.4. The van der Waals surface area contributed by atoms with Crippen molar-refractivity contribution in [3.8, 4) is 0 Å². The van der Waals surface area contributed by atoms with Gasteiger partial charge in [-0.25, -0.2) is 0 Å². The lowest BCUT2D eigenvalue weighted by Crippen LogP contribution is -2.40. The molecule has 0 aromatic heterocycles. The summed E-state index contributed by atoms with van der Waals surface area (Å²) in [6.07, 6.45) is 2.53. The van der Waals surface area contributed by atoms with E-state index in [1.807, 2.05) is 36.1 Å². The molecule has 2 rings (SSSR count). The number of nitrogens with zero attached hydrogens (tertiary/aromatic N) is 1. The molecule has 4 heteroatoms. The SMILES string of the molecule is CC(Cl)C1CCN(C(=O)Cc2cccc(Br)c2)CC1. The van der Waals surface area contributed by atoms with Gasteiger partial charge in [0.2, 0.25) is 5.91 Å². The highest BCUT2D eigenvalue weighted by Gasteiger charge is 2.25. The van der Waals surface area contributed by atoms with E-state index in [1.165, 1.54) is 0 Å². The van der Waals surface area contributed by atoms with Gasteiger partial charge in [-0.3, -0.25) is 4.79 Å². The third-order valence-corrected chi connectivity index (χ3v) is 4.64. The van der Waals surface area contributed by atoms with Crippen LogP contribution in [0, 0.1) is 5.92 Å². The molecule has 104 valence electrons. The highest BCUT2D eigenvalue weighted by molar-refractivity contribution is 9.10. The Morgan fingerprint density at radius 1 is 1.47 bits per heavy atom. The van der Waals surface area contributed by atoms with Gasteiger partial charge in [-0.1, -0.05) is 28.1 Å². The van der Waals surface area contributed by atoms with Gasteiger partial charge in [0.05, 0.1) is 6.42 Å². The summed E-state index contributed by atoms with van der Waals surface area (Å²) in [5.41, 5.74) is 1.06. The molecular weight excluding hydrogens is 326 g/mol. The second-order valence-corrected chi connectivity index (χ2v) is 6.81. The molecule has 1 heterocycles. The lowest BCUT2D eigenvalue weighted by molar-refractivity contribution is -0.131. The minimum Gasteiger partial charge on any atom is -0.342 e. The fraction of sp³-hybridized carbons (Fsp3) is 0.533. The van der Waals surface area contributed by atoms with E-state index in [0.29, 0.717) is 12.3 Å². The van der Waals surface area contributed by atoms with E-state index < -0.39 is 0 Å². The molecule has 0 radical (unpaired) electrons. The van der Waals surface area contributed by atoms with Gasteiger partial charge in [0.1, 0.15) is 0 Å². The quantitative estimate of drug-likeness (QED) is 0.763. The number of halogens is 2. The van der Waals surface area contributed by atoms with E-state index in [-0.39, 0.29) is 11.3 Å². The summed E-state index contributed by atoms with van der Waals surface area (Å²) < 4.78 is 1.02. The van der Waals surface area contributed by atoms with Crippen LogP contribution in [0.2, 0.25) is 0 Å². The van der Waals surface area contributed by atoms with Crippen molar-refractivity contribution >= 4 is 33.4 Å². The van der Waals surface area contributed by atoms with Crippen LogP contribution < -0.4 is 0 Å². The van der Waals surface area contributed by atoms with Gasteiger partial charge < -0.3 is 4.90 Å². The van der Waals surface area contributed by atoms with Gasteiger partial charge in [0.25, 0.3) is 0 Å². The molecule has 1 unspecified atom stereocenters. The molecule has 2 nitrogen and oxygen atoms in total. The van der Waals surface area contributed by atoms with Gasteiger partial charge in [-0.05, 0) is 43.4 Å². The molecular formula is C15H19BrClNO. The number of amides is 1. The summed E-state index contributed by atoms with van der Waals surface area (Å²) >= 11 is 9.55. The number of rotatable bonds is 3. The molecule has 1 aromatic carbocycles. The molecule has 19 heavy (non-hydrogen) atoms. The number of hydrogen-bond acceptors (Lipinski definition) is 1. The van der Waals surface area contributed by atoms with Crippen molar-refractivity contribution in [2.24, 2.45) is 5.92 Å². The number of carbonyl (C=O) groups is 1. The summed E-state index contributed by atoms with van der Waals surface area (Å²) in [7, 11) is 0. The van der Waals surface area contributed by atoms with Crippen molar-refractivity contribution in [3.63, 3.8) is 0 Å². The first-order valence-electron chi connectivity index (χ1n) is 6.72. The largest absolute Gasteiger partial charge is 0.342 e. The standard InChI is InChI=1S/C15H19BrClNO/c1-11(17)13-5-7-18(8-6-13)15(19)10-12-3-2-4-14(16)9-12/h2-4,9,11,13H,5-8,10H2,1H3. The number of piperidine rings is 1.